The Bertz CT molecular complexity index is 298. The molecule has 1 unspecified atom stereocenters. The summed E-state index contributed by atoms with van der Waals surface area (Å²) in [4.78, 5) is 0. The normalized spacial score (nSPS) is 26.1. The number of nitrogens with two attached hydrogens (primary N) is 1. The second kappa shape index (κ2) is 6.23. The zero-order valence-corrected chi connectivity index (χ0v) is 11.5. The van der Waals surface area contributed by atoms with Crippen LogP contribution in [0.4, 0.5) is 0 Å². The van der Waals surface area contributed by atoms with Gasteiger partial charge in [-0.2, -0.15) is 11.8 Å². The highest BCUT2D eigenvalue weighted by atomic mass is 32.2. The quantitative estimate of drug-likeness (QED) is 0.672. The van der Waals surface area contributed by atoms with Crippen molar-refractivity contribution in [2.24, 2.45) is 5.73 Å². The first-order valence-corrected chi connectivity index (χ1v) is 8.43. The smallest absolute Gasteiger partial charge is 0.211 e. The number of hydrogen-bond donors (Lipinski definition) is 2. The van der Waals surface area contributed by atoms with Gasteiger partial charge in [-0.15, -0.1) is 0 Å². The third-order valence-corrected chi connectivity index (χ3v) is 5.78. The zero-order chi connectivity index (χ0) is 12.1. The Hall–Kier alpha value is 0.220. The van der Waals surface area contributed by atoms with Gasteiger partial charge in [-0.05, 0) is 44.9 Å². The number of rotatable bonds is 7. The molecule has 6 heteroatoms. The zero-order valence-electron chi connectivity index (χ0n) is 9.87. The number of unbranched alkanes of at least 4 members (excludes halogenated alkanes) is 1. The molecule has 0 saturated carbocycles. The van der Waals surface area contributed by atoms with E-state index in [1.807, 2.05) is 11.8 Å². The van der Waals surface area contributed by atoms with Crippen LogP contribution in [0.5, 0.6) is 0 Å². The maximum atomic E-state index is 11.6. The fraction of sp³-hybridized carbons (Fsp3) is 1.00. The van der Waals surface area contributed by atoms with Crippen LogP contribution in [-0.4, -0.2) is 37.8 Å². The topological polar surface area (TPSA) is 72.2 Å². The molecule has 1 heterocycles. The molecule has 96 valence electrons. The van der Waals surface area contributed by atoms with Crippen molar-refractivity contribution in [2.75, 3.05) is 24.6 Å². The van der Waals surface area contributed by atoms with Crippen LogP contribution in [-0.2, 0) is 10.0 Å². The molecule has 1 atom stereocenters. The standard InChI is InChI=1S/C10H22N2O2S2/c1-10(5-4-7-15-10)9-12-16(13,14)8-3-2-6-11/h12H,2-9,11H2,1H3. The molecule has 0 spiro atoms. The third kappa shape index (κ3) is 5.03. The van der Waals surface area contributed by atoms with Crippen molar-refractivity contribution in [3.05, 3.63) is 0 Å². The van der Waals surface area contributed by atoms with Gasteiger partial charge in [-0.3, -0.25) is 0 Å². The first-order chi connectivity index (χ1) is 7.47. The summed E-state index contributed by atoms with van der Waals surface area (Å²) in [6.07, 6.45) is 3.71. The highest BCUT2D eigenvalue weighted by molar-refractivity contribution is 8.01. The van der Waals surface area contributed by atoms with Gasteiger partial charge >= 0.3 is 0 Å². The first-order valence-electron chi connectivity index (χ1n) is 5.79. The lowest BCUT2D eigenvalue weighted by molar-refractivity contribution is 0.550. The van der Waals surface area contributed by atoms with Gasteiger partial charge < -0.3 is 5.73 Å². The maximum Gasteiger partial charge on any atom is 0.211 e. The number of nitrogens with one attached hydrogen (secondary N) is 1. The highest BCUT2D eigenvalue weighted by Crippen LogP contribution is 2.37. The van der Waals surface area contributed by atoms with E-state index in [2.05, 4.69) is 11.6 Å². The summed E-state index contributed by atoms with van der Waals surface area (Å²) in [6.45, 7) is 3.25. The lowest BCUT2D eigenvalue weighted by atomic mass is 10.1. The van der Waals surface area contributed by atoms with E-state index in [0.717, 1.165) is 18.6 Å². The van der Waals surface area contributed by atoms with Crippen molar-refractivity contribution in [1.82, 2.24) is 4.72 Å². The van der Waals surface area contributed by atoms with Gasteiger partial charge in [-0.25, -0.2) is 13.1 Å². The monoisotopic (exact) mass is 266 g/mol. The molecule has 0 aromatic carbocycles. The molecular weight excluding hydrogens is 244 g/mol. The van der Waals surface area contributed by atoms with E-state index in [1.165, 1.54) is 6.42 Å². The molecule has 0 bridgehead atoms. The minimum Gasteiger partial charge on any atom is -0.330 e. The Balaban J connectivity index is 2.30. The predicted octanol–water partition coefficient (Wildman–Crippen LogP) is 0.930. The second-order valence-corrected chi connectivity index (χ2v) is 8.15. The van der Waals surface area contributed by atoms with E-state index in [1.54, 1.807) is 0 Å². The van der Waals surface area contributed by atoms with Crippen LogP contribution >= 0.6 is 11.8 Å². The molecule has 1 rings (SSSR count). The molecule has 0 radical (unpaired) electrons. The van der Waals surface area contributed by atoms with E-state index < -0.39 is 10.0 Å². The van der Waals surface area contributed by atoms with E-state index in [9.17, 15) is 8.42 Å². The fourth-order valence-electron chi connectivity index (χ4n) is 1.75. The van der Waals surface area contributed by atoms with Crippen LogP contribution in [0.1, 0.15) is 32.6 Å². The lowest BCUT2D eigenvalue weighted by Gasteiger charge is -2.22. The van der Waals surface area contributed by atoms with E-state index >= 15 is 0 Å². The van der Waals surface area contributed by atoms with Crippen LogP contribution in [0, 0.1) is 0 Å². The van der Waals surface area contributed by atoms with Gasteiger partial charge in [-0.1, -0.05) is 0 Å². The van der Waals surface area contributed by atoms with Gasteiger partial charge in [0, 0.05) is 11.3 Å². The molecule has 1 fully saturated rings. The molecule has 0 amide bonds. The molecule has 0 aromatic heterocycles. The molecule has 0 aromatic rings. The summed E-state index contributed by atoms with van der Waals surface area (Å²) in [7, 11) is -3.10. The maximum absolute atomic E-state index is 11.6. The second-order valence-electron chi connectivity index (χ2n) is 4.54. The van der Waals surface area contributed by atoms with Gasteiger partial charge in [0.25, 0.3) is 0 Å². The van der Waals surface area contributed by atoms with E-state index in [4.69, 9.17) is 5.73 Å². The van der Waals surface area contributed by atoms with Gasteiger partial charge in [0.2, 0.25) is 10.0 Å². The van der Waals surface area contributed by atoms with Gasteiger partial charge in [0.15, 0.2) is 0 Å². The molecule has 16 heavy (non-hydrogen) atoms. The lowest BCUT2D eigenvalue weighted by Crippen LogP contribution is -2.37. The highest BCUT2D eigenvalue weighted by Gasteiger charge is 2.30. The van der Waals surface area contributed by atoms with E-state index in [0.29, 0.717) is 19.5 Å². The van der Waals surface area contributed by atoms with Crippen molar-refractivity contribution in [3.8, 4) is 0 Å². The van der Waals surface area contributed by atoms with Crippen molar-refractivity contribution in [2.45, 2.75) is 37.4 Å². The summed E-state index contributed by atoms with van der Waals surface area (Å²) in [6, 6.07) is 0. The minimum absolute atomic E-state index is 0.0982. The molecule has 0 aliphatic carbocycles. The Labute approximate surface area is 103 Å². The van der Waals surface area contributed by atoms with Crippen LogP contribution in [0.3, 0.4) is 0 Å². The summed E-state index contributed by atoms with van der Waals surface area (Å²) < 4.78 is 26.1. The number of sulfonamides is 1. The summed E-state index contributed by atoms with van der Waals surface area (Å²) in [5, 5.41) is 0. The third-order valence-electron chi connectivity index (χ3n) is 2.83. The van der Waals surface area contributed by atoms with Crippen LogP contribution in [0.25, 0.3) is 0 Å². The Morgan fingerprint density at radius 2 is 2.19 bits per heavy atom. The van der Waals surface area contributed by atoms with Crippen LogP contribution in [0.2, 0.25) is 0 Å². The first kappa shape index (κ1) is 14.3. The minimum atomic E-state index is -3.10. The van der Waals surface area contributed by atoms with E-state index in [-0.39, 0.29) is 10.5 Å². The molecule has 1 aliphatic rings. The predicted molar refractivity (Wildman–Crippen MR) is 70.2 cm³/mol. The molecular formula is C10H22N2O2S2. The fourth-order valence-corrected chi connectivity index (χ4v) is 4.35. The average molecular weight is 266 g/mol. The van der Waals surface area contributed by atoms with Crippen LogP contribution in [0.15, 0.2) is 0 Å². The van der Waals surface area contributed by atoms with Gasteiger partial charge in [0.1, 0.15) is 0 Å². The number of hydrogen-bond acceptors (Lipinski definition) is 4. The molecule has 3 N–H and O–H groups in total. The molecule has 4 nitrogen and oxygen atoms in total. The summed E-state index contributed by atoms with van der Waals surface area (Å²) >= 11 is 1.87. The SMILES string of the molecule is CC1(CNS(=O)(=O)CCCCN)CCCS1. The average Bonchev–Trinajstić information content (AvgIpc) is 2.64. The largest absolute Gasteiger partial charge is 0.330 e. The summed E-state index contributed by atoms with van der Waals surface area (Å²) in [5.74, 6) is 1.34. The van der Waals surface area contributed by atoms with Crippen molar-refractivity contribution < 1.29 is 8.42 Å². The Kier molecular flexibility index (Phi) is 5.56. The summed E-state index contributed by atoms with van der Waals surface area (Å²) in [5.41, 5.74) is 5.33. The van der Waals surface area contributed by atoms with Gasteiger partial charge in [0.05, 0.1) is 5.75 Å². The van der Waals surface area contributed by atoms with Crippen molar-refractivity contribution >= 4 is 21.8 Å². The molecule has 1 saturated heterocycles. The number of thioether (sulfide) groups is 1. The Morgan fingerprint density at radius 1 is 1.44 bits per heavy atom. The van der Waals surface area contributed by atoms with Crippen molar-refractivity contribution in [3.63, 3.8) is 0 Å². The van der Waals surface area contributed by atoms with Crippen molar-refractivity contribution in [1.29, 1.82) is 0 Å². The van der Waals surface area contributed by atoms with Crippen LogP contribution < -0.4 is 10.5 Å². The Morgan fingerprint density at radius 3 is 2.75 bits per heavy atom. The molecule has 1 aliphatic heterocycles.